The van der Waals surface area contributed by atoms with Gasteiger partial charge in [-0.15, -0.1) is 11.3 Å². The van der Waals surface area contributed by atoms with Gasteiger partial charge in [-0.3, -0.25) is 0 Å². The molecule has 1 fully saturated rings. The molecule has 0 aromatic carbocycles. The second kappa shape index (κ2) is 5.57. The van der Waals surface area contributed by atoms with Gasteiger partial charge in [0.15, 0.2) is 0 Å². The van der Waals surface area contributed by atoms with Crippen LogP contribution in [-0.4, -0.2) is 31.1 Å². The van der Waals surface area contributed by atoms with Crippen molar-refractivity contribution >= 4 is 48.9 Å². The van der Waals surface area contributed by atoms with E-state index in [0.29, 0.717) is 27.6 Å². The summed E-state index contributed by atoms with van der Waals surface area (Å²) in [5, 5.41) is 0.851. The summed E-state index contributed by atoms with van der Waals surface area (Å²) in [6, 6.07) is 3.21. The number of hydrogen-bond acceptors (Lipinski definition) is 3. The summed E-state index contributed by atoms with van der Waals surface area (Å²) in [6.45, 7) is 1.21. The molecule has 0 aliphatic carbocycles. The summed E-state index contributed by atoms with van der Waals surface area (Å²) in [6.07, 6.45) is 2.01. The Labute approximate surface area is 119 Å². The molecule has 0 bridgehead atoms. The maximum Gasteiger partial charge on any atom is 0.252 e. The highest BCUT2D eigenvalue weighted by Gasteiger charge is 2.30. The number of hydrogen-bond donors (Lipinski definition) is 0. The van der Waals surface area contributed by atoms with Crippen LogP contribution in [0.2, 0.25) is 4.34 Å². The standard InChI is InChI=1S/C10H13BrClNO2S2/c11-6-8-2-1-5-13(7-8)17(14,15)10-4-3-9(12)16-10/h3-4,8H,1-2,5-7H2. The third kappa shape index (κ3) is 3.04. The van der Waals surface area contributed by atoms with Crippen LogP contribution in [0.5, 0.6) is 0 Å². The van der Waals surface area contributed by atoms with Crippen LogP contribution in [-0.2, 0) is 10.0 Å². The summed E-state index contributed by atoms with van der Waals surface area (Å²) in [7, 11) is -3.34. The maximum atomic E-state index is 12.3. The molecule has 96 valence electrons. The molecule has 17 heavy (non-hydrogen) atoms. The number of rotatable bonds is 3. The van der Waals surface area contributed by atoms with Gasteiger partial charge < -0.3 is 0 Å². The molecule has 1 aliphatic rings. The van der Waals surface area contributed by atoms with Crippen molar-refractivity contribution in [3.63, 3.8) is 0 Å². The molecule has 1 unspecified atom stereocenters. The van der Waals surface area contributed by atoms with Gasteiger partial charge in [0.2, 0.25) is 0 Å². The lowest BCUT2D eigenvalue weighted by molar-refractivity contribution is 0.286. The summed E-state index contributed by atoms with van der Waals surface area (Å²) >= 11 is 10.3. The molecule has 1 atom stereocenters. The van der Waals surface area contributed by atoms with Gasteiger partial charge >= 0.3 is 0 Å². The van der Waals surface area contributed by atoms with Gasteiger partial charge in [-0.1, -0.05) is 27.5 Å². The van der Waals surface area contributed by atoms with E-state index in [-0.39, 0.29) is 0 Å². The summed E-state index contributed by atoms with van der Waals surface area (Å²) in [5.74, 6) is 0.411. The van der Waals surface area contributed by atoms with Crippen molar-refractivity contribution in [1.29, 1.82) is 0 Å². The fourth-order valence-electron chi connectivity index (χ4n) is 1.93. The molecular weight excluding hydrogens is 346 g/mol. The van der Waals surface area contributed by atoms with Crippen LogP contribution in [0.25, 0.3) is 0 Å². The second-order valence-electron chi connectivity index (χ2n) is 4.08. The largest absolute Gasteiger partial charge is 0.252 e. The predicted octanol–water partition coefficient (Wildman–Crippen LogP) is 3.20. The van der Waals surface area contributed by atoms with E-state index >= 15 is 0 Å². The average Bonchev–Trinajstić information content (AvgIpc) is 2.76. The monoisotopic (exact) mass is 357 g/mol. The molecular formula is C10H13BrClNO2S2. The molecule has 0 saturated carbocycles. The minimum atomic E-state index is -3.34. The topological polar surface area (TPSA) is 37.4 Å². The van der Waals surface area contributed by atoms with Crippen molar-refractivity contribution in [2.24, 2.45) is 5.92 Å². The van der Waals surface area contributed by atoms with Crippen LogP contribution >= 0.6 is 38.9 Å². The Morgan fingerprint density at radius 2 is 2.29 bits per heavy atom. The molecule has 2 heterocycles. The third-order valence-electron chi connectivity index (χ3n) is 2.84. The molecule has 3 nitrogen and oxygen atoms in total. The lowest BCUT2D eigenvalue weighted by atomic mass is 10.0. The first-order chi connectivity index (χ1) is 8.04. The first kappa shape index (κ1) is 13.8. The smallest absolute Gasteiger partial charge is 0.206 e. The minimum Gasteiger partial charge on any atom is -0.206 e. The van der Waals surface area contributed by atoms with E-state index in [2.05, 4.69) is 15.9 Å². The predicted molar refractivity (Wildman–Crippen MR) is 74.6 cm³/mol. The highest BCUT2D eigenvalue weighted by Crippen LogP contribution is 2.30. The van der Waals surface area contributed by atoms with E-state index < -0.39 is 10.0 Å². The Bertz CT molecular complexity index is 488. The first-order valence-corrected chi connectivity index (χ1v) is 9.11. The van der Waals surface area contributed by atoms with Gasteiger partial charge in [-0.2, -0.15) is 4.31 Å². The average molecular weight is 359 g/mol. The second-order valence-corrected chi connectivity index (χ2v) is 8.61. The number of halogens is 2. The molecule has 0 radical (unpaired) electrons. The lowest BCUT2D eigenvalue weighted by Crippen LogP contribution is -2.40. The van der Waals surface area contributed by atoms with Crippen molar-refractivity contribution in [2.75, 3.05) is 18.4 Å². The van der Waals surface area contributed by atoms with Crippen LogP contribution in [0, 0.1) is 5.92 Å². The quantitative estimate of drug-likeness (QED) is 0.778. The van der Waals surface area contributed by atoms with Gasteiger partial charge in [0.05, 0.1) is 4.34 Å². The maximum absolute atomic E-state index is 12.3. The molecule has 1 aliphatic heterocycles. The van der Waals surface area contributed by atoms with Gasteiger partial charge in [-0.05, 0) is 30.9 Å². The zero-order valence-corrected chi connectivity index (χ0v) is 13.1. The fourth-order valence-corrected chi connectivity index (χ4v) is 5.65. The highest BCUT2D eigenvalue weighted by molar-refractivity contribution is 9.09. The number of thiophene rings is 1. The van der Waals surface area contributed by atoms with E-state index in [4.69, 9.17) is 11.6 Å². The van der Waals surface area contributed by atoms with Crippen molar-refractivity contribution in [3.05, 3.63) is 16.5 Å². The van der Waals surface area contributed by atoms with E-state index in [9.17, 15) is 8.42 Å². The Morgan fingerprint density at radius 1 is 1.53 bits per heavy atom. The molecule has 7 heteroatoms. The molecule has 2 rings (SSSR count). The van der Waals surface area contributed by atoms with Gasteiger partial charge in [0.25, 0.3) is 10.0 Å². The molecule has 1 aromatic heterocycles. The van der Waals surface area contributed by atoms with E-state index in [1.165, 1.54) is 0 Å². The lowest BCUT2D eigenvalue weighted by Gasteiger charge is -2.30. The normalized spacial score (nSPS) is 22.8. The molecule has 0 spiro atoms. The van der Waals surface area contributed by atoms with E-state index in [1.54, 1.807) is 16.4 Å². The highest BCUT2D eigenvalue weighted by atomic mass is 79.9. The van der Waals surface area contributed by atoms with Crippen LogP contribution in [0.1, 0.15) is 12.8 Å². The molecule has 1 saturated heterocycles. The van der Waals surface area contributed by atoms with Gasteiger partial charge in [-0.25, -0.2) is 8.42 Å². The summed E-state index contributed by atoms with van der Waals surface area (Å²) in [4.78, 5) is 0. The summed E-state index contributed by atoms with van der Waals surface area (Å²) < 4.78 is 27.1. The van der Waals surface area contributed by atoms with Crippen LogP contribution in [0.15, 0.2) is 16.3 Å². The SMILES string of the molecule is O=S(=O)(c1ccc(Cl)s1)N1CCCC(CBr)C1. The van der Waals surface area contributed by atoms with Gasteiger partial charge in [0, 0.05) is 18.4 Å². The van der Waals surface area contributed by atoms with Crippen molar-refractivity contribution in [1.82, 2.24) is 4.31 Å². The fraction of sp³-hybridized carbons (Fsp3) is 0.600. The minimum absolute atomic E-state index is 0.345. The van der Waals surface area contributed by atoms with Crippen LogP contribution < -0.4 is 0 Å². The molecule has 0 N–H and O–H groups in total. The Hall–Kier alpha value is 0.380. The number of sulfonamides is 1. The number of piperidine rings is 1. The summed E-state index contributed by atoms with van der Waals surface area (Å²) in [5.41, 5.74) is 0. The molecule has 1 aromatic rings. The zero-order valence-electron chi connectivity index (χ0n) is 9.10. The third-order valence-corrected chi connectivity index (χ3v) is 7.32. The van der Waals surface area contributed by atoms with Gasteiger partial charge in [0.1, 0.15) is 4.21 Å². The molecule has 0 amide bonds. The van der Waals surface area contributed by atoms with E-state index in [0.717, 1.165) is 29.5 Å². The van der Waals surface area contributed by atoms with Crippen molar-refractivity contribution < 1.29 is 8.42 Å². The van der Waals surface area contributed by atoms with Crippen molar-refractivity contribution in [2.45, 2.75) is 17.1 Å². The van der Waals surface area contributed by atoms with Crippen LogP contribution in [0.3, 0.4) is 0 Å². The number of nitrogens with zero attached hydrogens (tertiary/aromatic N) is 1. The Kier molecular flexibility index (Phi) is 4.52. The van der Waals surface area contributed by atoms with Crippen LogP contribution in [0.4, 0.5) is 0 Å². The number of alkyl halides is 1. The zero-order chi connectivity index (χ0) is 12.5. The first-order valence-electron chi connectivity index (χ1n) is 5.35. The Balaban J connectivity index is 2.21. The van der Waals surface area contributed by atoms with E-state index in [1.807, 2.05) is 0 Å². The Morgan fingerprint density at radius 3 is 2.88 bits per heavy atom. The van der Waals surface area contributed by atoms with Crippen molar-refractivity contribution in [3.8, 4) is 0 Å².